The number of ether oxygens (including phenoxy) is 2. The summed E-state index contributed by atoms with van der Waals surface area (Å²) < 4.78 is 9.68. The standard InChI is InChI=1S/C10H10N2O3/c1-14-6-3-7-8(10(13)15-2)5-12-9(7)11-4-6/h3-5H,1-2H3,(H,11,12). The van der Waals surface area contributed by atoms with Crippen molar-refractivity contribution in [2.24, 2.45) is 0 Å². The minimum atomic E-state index is -0.392. The fraction of sp³-hybridized carbons (Fsp3) is 0.200. The van der Waals surface area contributed by atoms with Crippen LogP contribution in [0.15, 0.2) is 18.5 Å². The molecule has 2 rings (SSSR count). The van der Waals surface area contributed by atoms with Crippen molar-refractivity contribution in [3.05, 3.63) is 24.0 Å². The van der Waals surface area contributed by atoms with Crippen molar-refractivity contribution in [2.45, 2.75) is 0 Å². The molecular formula is C10H10N2O3. The van der Waals surface area contributed by atoms with Gasteiger partial charge in [0.15, 0.2) is 0 Å². The van der Waals surface area contributed by atoms with Gasteiger partial charge in [-0.05, 0) is 6.07 Å². The van der Waals surface area contributed by atoms with Crippen LogP contribution in [-0.4, -0.2) is 30.2 Å². The molecule has 0 aliphatic carbocycles. The van der Waals surface area contributed by atoms with Crippen molar-refractivity contribution < 1.29 is 14.3 Å². The average Bonchev–Trinajstić information content (AvgIpc) is 2.70. The number of carbonyl (C=O) groups is 1. The molecule has 0 bridgehead atoms. The number of hydrogen-bond acceptors (Lipinski definition) is 4. The first-order valence-corrected chi connectivity index (χ1v) is 4.35. The SMILES string of the molecule is COC(=O)c1c[nH]c2ncc(OC)cc12. The number of aromatic nitrogens is 2. The third-order valence-corrected chi connectivity index (χ3v) is 2.15. The largest absolute Gasteiger partial charge is 0.495 e. The number of carbonyl (C=O) groups excluding carboxylic acids is 1. The van der Waals surface area contributed by atoms with E-state index < -0.39 is 5.97 Å². The number of pyridine rings is 1. The first kappa shape index (κ1) is 9.51. The predicted octanol–water partition coefficient (Wildman–Crippen LogP) is 1.36. The van der Waals surface area contributed by atoms with Gasteiger partial charge in [-0.3, -0.25) is 0 Å². The Hall–Kier alpha value is -2.04. The van der Waals surface area contributed by atoms with Gasteiger partial charge in [-0.15, -0.1) is 0 Å². The summed E-state index contributed by atoms with van der Waals surface area (Å²) in [6.07, 6.45) is 3.16. The van der Waals surface area contributed by atoms with E-state index in [0.717, 1.165) is 0 Å². The Bertz CT molecular complexity index is 504. The Kier molecular flexibility index (Phi) is 2.29. The number of hydrogen-bond donors (Lipinski definition) is 1. The van der Waals surface area contributed by atoms with Crippen LogP contribution < -0.4 is 4.74 Å². The lowest BCUT2D eigenvalue weighted by Gasteiger charge is -1.99. The number of nitrogens with one attached hydrogen (secondary N) is 1. The van der Waals surface area contributed by atoms with Crippen molar-refractivity contribution in [3.63, 3.8) is 0 Å². The number of nitrogens with zero attached hydrogens (tertiary/aromatic N) is 1. The van der Waals surface area contributed by atoms with Crippen LogP contribution in [-0.2, 0) is 4.74 Å². The minimum Gasteiger partial charge on any atom is -0.495 e. The Morgan fingerprint density at radius 3 is 2.93 bits per heavy atom. The molecule has 0 fully saturated rings. The summed E-state index contributed by atoms with van der Waals surface area (Å²) in [4.78, 5) is 18.4. The molecule has 0 aliphatic rings. The smallest absolute Gasteiger partial charge is 0.340 e. The number of methoxy groups -OCH3 is 2. The highest BCUT2D eigenvalue weighted by Crippen LogP contribution is 2.21. The third kappa shape index (κ3) is 1.52. The molecule has 1 N–H and O–H groups in total. The fourth-order valence-electron chi connectivity index (χ4n) is 1.37. The maximum absolute atomic E-state index is 11.4. The maximum Gasteiger partial charge on any atom is 0.340 e. The van der Waals surface area contributed by atoms with Crippen molar-refractivity contribution in [3.8, 4) is 5.75 Å². The molecule has 15 heavy (non-hydrogen) atoms. The van der Waals surface area contributed by atoms with E-state index in [2.05, 4.69) is 14.7 Å². The van der Waals surface area contributed by atoms with Gasteiger partial charge in [0.2, 0.25) is 0 Å². The number of esters is 1. The van der Waals surface area contributed by atoms with Crippen molar-refractivity contribution in [1.82, 2.24) is 9.97 Å². The molecule has 0 atom stereocenters. The summed E-state index contributed by atoms with van der Waals surface area (Å²) in [6, 6.07) is 1.74. The van der Waals surface area contributed by atoms with E-state index in [1.54, 1.807) is 25.6 Å². The van der Waals surface area contributed by atoms with Crippen LogP contribution in [0.2, 0.25) is 0 Å². The normalized spacial score (nSPS) is 10.3. The molecule has 0 amide bonds. The molecule has 2 aromatic heterocycles. The second kappa shape index (κ2) is 3.61. The highest BCUT2D eigenvalue weighted by atomic mass is 16.5. The molecule has 78 valence electrons. The molecule has 0 aliphatic heterocycles. The van der Waals surface area contributed by atoms with Gasteiger partial charge in [0.1, 0.15) is 11.4 Å². The maximum atomic E-state index is 11.4. The molecule has 5 heteroatoms. The van der Waals surface area contributed by atoms with E-state index in [1.807, 2.05) is 0 Å². The lowest BCUT2D eigenvalue weighted by Crippen LogP contribution is -1.99. The molecule has 0 saturated carbocycles. The van der Waals surface area contributed by atoms with Crippen LogP contribution in [0.1, 0.15) is 10.4 Å². The van der Waals surface area contributed by atoms with Crippen LogP contribution in [0.4, 0.5) is 0 Å². The number of rotatable bonds is 2. The molecule has 2 heterocycles. The average molecular weight is 206 g/mol. The van der Waals surface area contributed by atoms with E-state index in [4.69, 9.17) is 4.74 Å². The summed E-state index contributed by atoms with van der Waals surface area (Å²) in [7, 11) is 2.89. The summed E-state index contributed by atoms with van der Waals surface area (Å²) in [5.41, 5.74) is 1.09. The van der Waals surface area contributed by atoms with Crippen molar-refractivity contribution in [1.29, 1.82) is 0 Å². The number of fused-ring (bicyclic) bond motifs is 1. The van der Waals surface area contributed by atoms with Crippen LogP contribution in [0.25, 0.3) is 11.0 Å². The van der Waals surface area contributed by atoms with Gasteiger partial charge >= 0.3 is 5.97 Å². The topological polar surface area (TPSA) is 64.2 Å². The first-order chi connectivity index (χ1) is 7.26. The molecule has 2 aromatic rings. The fourth-order valence-corrected chi connectivity index (χ4v) is 1.37. The first-order valence-electron chi connectivity index (χ1n) is 4.35. The molecule has 5 nitrogen and oxygen atoms in total. The summed E-state index contributed by atoms with van der Waals surface area (Å²) in [5.74, 6) is 0.212. The summed E-state index contributed by atoms with van der Waals surface area (Å²) >= 11 is 0. The molecule has 0 saturated heterocycles. The van der Waals surface area contributed by atoms with Crippen LogP contribution >= 0.6 is 0 Å². The van der Waals surface area contributed by atoms with Crippen molar-refractivity contribution in [2.75, 3.05) is 14.2 Å². The molecule has 0 radical (unpaired) electrons. The van der Waals surface area contributed by atoms with Gasteiger partial charge in [0.25, 0.3) is 0 Å². The van der Waals surface area contributed by atoms with Crippen molar-refractivity contribution >= 4 is 17.0 Å². The van der Waals surface area contributed by atoms with Crippen LogP contribution in [0.3, 0.4) is 0 Å². The van der Waals surface area contributed by atoms with Gasteiger partial charge in [-0.2, -0.15) is 0 Å². The monoisotopic (exact) mass is 206 g/mol. The second-order valence-corrected chi connectivity index (χ2v) is 2.97. The zero-order chi connectivity index (χ0) is 10.8. The van der Waals surface area contributed by atoms with Crippen LogP contribution in [0, 0.1) is 0 Å². The van der Waals surface area contributed by atoms with Gasteiger partial charge in [0.05, 0.1) is 26.0 Å². The third-order valence-electron chi connectivity index (χ3n) is 2.15. The zero-order valence-electron chi connectivity index (χ0n) is 8.40. The predicted molar refractivity (Wildman–Crippen MR) is 54.0 cm³/mol. The quantitative estimate of drug-likeness (QED) is 0.753. The summed E-state index contributed by atoms with van der Waals surface area (Å²) in [6.45, 7) is 0. The lowest BCUT2D eigenvalue weighted by molar-refractivity contribution is 0.0603. The van der Waals surface area contributed by atoms with Gasteiger partial charge in [-0.25, -0.2) is 9.78 Å². The molecule has 0 aromatic carbocycles. The minimum absolute atomic E-state index is 0.392. The van der Waals surface area contributed by atoms with E-state index in [-0.39, 0.29) is 0 Å². The molecule has 0 unspecified atom stereocenters. The lowest BCUT2D eigenvalue weighted by atomic mass is 10.2. The second-order valence-electron chi connectivity index (χ2n) is 2.97. The van der Waals surface area contributed by atoms with Gasteiger partial charge < -0.3 is 14.5 Å². The highest BCUT2D eigenvalue weighted by Gasteiger charge is 2.13. The zero-order valence-corrected chi connectivity index (χ0v) is 8.40. The van der Waals surface area contributed by atoms with E-state index >= 15 is 0 Å². The Morgan fingerprint density at radius 2 is 2.27 bits per heavy atom. The van der Waals surface area contributed by atoms with Gasteiger partial charge in [0, 0.05) is 11.6 Å². The Labute approximate surface area is 86.0 Å². The Morgan fingerprint density at radius 1 is 1.47 bits per heavy atom. The highest BCUT2D eigenvalue weighted by molar-refractivity contribution is 6.03. The van der Waals surface area contributed by atoms with E-state index in [9.17, 15) is 4.79 Å². The molecular weight excluding hydrogens is 196 g/mol. The van der Waals surface area contributed by atoms with Gasteiger partial charge in [-0.1, -0.05) is 0 Å². The molecule has 0 spiro atoms. The van der Waals surface area contributed by atoms with Crippen LogP contribution in [0.5, 0.6) is 5.75 Å². The number of aromatic amines is 1. The van der Waals surface area contributed by atoms with E-state index in [1.165, 1.54) is 7.11 Å². The number of H-pyrrole nitrogens is 1. The Balaban J connectivity index is 2.61. The van der Waals surface area contributed by atoms with E-state index in [0.29, 0.717) is 22.3 Å². The summed E-state index contributed by atoms with van der Waals surface area (Å²) in [5, 5.41) is 0.696.